The van der Waals surface area contributed by atoms with Gasteiger partial charge in [-0.2, -0.15) is 0 Å². The molecule has 0 aliphatic heterocycles. The molecule has 0 saturated carbocycles. The van der Waals surface area contributed by atoms with Crippen molar-refractivity contribution in [2.24, 2.45) is 7.05 Å². The highest BCUT2D eigenvalue weighted by Crippen LogP contribution is 2.23. The predicted octanol–water partition coefficient (Wildman–Crippen LogP) is 1.38. The van der Waals surface area contributed by atoms with Crippen LogP contribution in [0, 0.1) is 0 Å². The number of hydrogen-bond donors (Lipinski definition) is 1. The van der Waals surface area contributed by atoms with Crippen molar-refractivity contribution in [2.45, 2.75) is 23.8 Å². The molecule has 5 heteroatoms. The Hall–Kier alpha value is -0.970. The maximum absolute atomic E-state index is 10.7. The highest BCUT2D eigenvalue weighted by atomic mass is 32.2. The van der Waals surface area contributed by atoms with Crippen molar-refractivity contribution in [1.82, 2.24) is 9.55 Å². The average Bonchev–Trinajstić information content (AvgIpc) is 2.46. The van der Waals surface area contributed by atoms with Crippen LogP contribution in [-0.4, -0.2) is 25.9 Å². The Morgan fingerprint density at radius 3 is 2.92 bits per heavy atom. The molecule has 13 heavy (non-hydrogen) atoms. The molecule has 4 nitrogen and oxygen atoms in total. The molecule has 72 valence electrons. The second-order valence-electron chi connectivity index (χ2n) is 2.67. The van der Waals surface area contributed by atoms with E-state index in [0.717, 1.165) is 5.16 Å². The summed E-state index contributed by atoms with van der Waals surface area (Å²) in [5.41, 5.74) is 0. The van der Waals surface area contributed by atoms with Gasteiger partial charge in [-0.05, 0) is 6.42 Å². The van der Waals surface area contributed by atoms with E-state index in [1.54, 1.807) is 12.4 Å². The standard InChI is InChI=1S/C8H12N2O2S/c1-3-6(7(11)12)13-8-9-4-5-10(8)2/h4-6H,3H2,1-2H3,(H,11,12)/t6-/m0/s1. The first-order valence-electron chi connectivity index (χ1n) is 4.02. The number of carboxylic acid groups (broad SMARTS) is 1. The van der Waals surface area contributed by atoms with Crippen LogP contribution in [0.3, 0.4) is 0 Å². The van der Waals surface area contributed by atoms with E-state index in [2.05, 4.69) is 4.98 Å². The van der Waals surface area contributed by atoms with E-state index in [-0.39, 0.29) is 0 Å². The van der Waals surface area contributed by atoms with E-state index in [9.17, 15) is 4.79 Å². The molecular formula is C8H12N2O2S. The average molecular weight is 200 g/mol. The molecule has 0 radical (unpaired) electrons. The molecule has 0 aliphatic rings. The molecule has 0 aliphatic carbocycles. The van der Waals surface area contributed by atoms with Crippen LogP contribution in [-0.2, 0) is 11.8 Å². The second-order valence-corrected chi connectivity index (χ2v) is 3.84. The van der Waals surface area contributed by atoms with Gasteiger partial charge in [-0.15, -0.1) is 0 Å². The van der Waals surface area contributed by atoms with Crippen LogP contribution in [0.15, 0.2) is 17.6 Å². The van der Waals surface area contributed by atoms with Gasteiger partial charge in [0.2, 0.25) is 0 Å². The van der Waals surface area contributed by atoms with Gasteiger partial charge in [0.25, 0.3) is 0 Å². The molecule has 1 atom stereocenters. The second kappa shape index (κ2) is 4.32. The Morgan fingerprint density at radius 2 is 2.54 bits per heavy atom. The van der Waals surface area contributed by atoms with Gasteiger partial charge in [-0.25, -0.2) is 4.98 Å². The van der Waals surface area contributed by atoms with Crippen LogP contribution >= 0.6 is 11.8 Å². The summed E-state index contributed by atoms with van der Waals surface area (Å²) in [7, 11) is 1.85. The zero-order valence-electron chi connectivity index (χ0n) is 7.60. The van der Waals surface area contributed by atoms with E-state index in [4.69, 9.17) is 5.11 Å². The quantitative estimate of drug-likeness (QED) is 0.746. The molecular weight excluding hydrogens is 188 g/mol. The van der Waals surface area contributed by atoms with Gasteiger partial charge in [0.05, 0.1) is 0 Å². The predicted molar refractivity (Wildman–Crippen MR) is 50.8 cm³/mol. The molecule has 0 amide bonds. The van der Waals surface area contributed by atoms with E-state index in [0.29, 0.717) is 6.42 Å². The molecule has 1 rings (SSSR count). The van der Waals surface area contributed by atoms with Crippen LogP contribution in [0.2, 0.25) is 0 Å². The van der Waals surface area contributed by atoms with Crippen LogP contribution < -0.4 is 0 Å². The largest absolute Gasteiger partial charge is 0.480 e. The minimum absolute atomic E-state index is 0.402. The Labute approximate surface area is 81.0 Å². The van der Waals surface area contributed by atoms with Gasteiger partial charge in [0.15, 0.2) is 5.16 Å². The number of nitrogens with zero attached hydrogens (tertiary/aromatic N) is 2. The Bertz CT molecular complexity index is 298. The number of aryl methyl sites for hydroxylation is 1. The Morgan fingerprint density at radius 1 is 1.85 bits per heavy atom. The minimum atomic E-state index is -0.782. The fraction of sp³-hybridized carbons (Fsp3) is 0.500. The number of imidazole rings is 1. The Kier molecular flexibility index (Phi) is 3.36. The normalized spacial score (nSPS) is 12.8. The highest BCUT2D eigenvalue weighted by molar-refractivity contribution is 8.00. The van der Waals surface area contributed by atoms with Crippen LogP contribution in [0.1, 0.15) is 13.3 Å². The van der Waals surface area contributed by atoms with Gasteiger partial charge in [0, 0.05) is 19.4 Å². The van der Waals surface area contributed by atoms with E-state index in [1.165, 1.54) is 11.8 Å². The summed E-state index contributed by atoms with van der Waals surface area (Å²) in [5.74, 6) is -0.782. The van der Waals surface area contributed by atoms with Crippen molar-refractivity contribution in [3.8, 4) is 0 Å². The molecule has 0 bridgehead atoms. The fourth-order valence-electron chi connectivity index (χ4n) is 0.901. The lowest BCUT2D eigenvalue weighted by Crippen LogP contribution is -2.15. The summed E-state index contributed by atoms with van der Waals surface area (Å²) in [5, 5.41) is 9.15. The Balaban J connectivity index is 2.67. The van der Waals surface area contributed by atoms with Gasteiger partial charge in [-0.3, -0.25) is 4.79 Å². The summed E-state index contributed by atoms with van der Waals surface area (Å²) in [4.78, 5) is 14.8. The van der Waals surface area contributed by atoms with E-state index < -0.39 is 11.2 Å². The zero-order valence-corrected chi connectivity index (χ0v) is 8.41. The molecule has 1 heterocycles. The lowest BCUT2D eigenvalue weighted by molar-refractivity contribution is -0.136. The first-order chi connectivity index (χ1) is 6.15. The molecule has 1 aromatic rings. The third kappa shape index (κ3) is 2.48. The van der Waals surface area contributed by atoms with Crippen molar-refractivity contribution in [1.29, 1.82) is 0 Å². The number of hydrogen-bond acceptors (Lipinski definition) is 3. The van der Waals surface area contributed by atoms with Crippen LogP contribution in [0.4, 0.5) is 0 Å². The van der Waals surface area contributed by atoms with Gasteiger partial charge in [-0.1, -0.05) is 18.7 Å². The molecule has 0 aromatic carbocycles. The number of thioether (sulfide) groups is 1. The zero-order chi connectivity index (χ0) is 9.84. The molecule has 1 N–H and O–H groups in total. The summed E-state index contributed by atoms with van der Waals surface area (Å²) in [6.45, 7) is 1.86. The summed E-state index contributed by atoms with van der Waals surface area (Å²) < 4.78 is 1.82. The SMILES string of the molecule is CC[C@H](Sc1nccn1C)C(=O)O. The van der Waals surface area contributed by atoms with Gasteiger partial charge < -0.3 is 9.67 Å². The number of carbonyl (C=O) groups is 1. The summed E-state index contributed by atoms with van der Waals surface area (Å²) in [6, 6.07) is 0. The highest BCUT2D eigenvalue weighted by Gasteiger charge is 2.18. The van der Waals surface area contributed by atoms with Crippen molar-refractivity contribution < 1.29 is 9.90 Å². The van der Waals surface area contributed by atoms with Crippen molar-refractivity contribution in [2.75, 3.05) is 0 Å². The third-order valence-electron chi connectivity index (χ3n) is 1.67. The number of aromatic nitrogens is 2. The molecule has 0 saturated heterocycles. The maximum atomic E-state index is 10.7. The molecule has 0 unspecified atom stereocenters. The minimum Gasteiger partial charge on any atom is -0.480 e. The van der Waals surface area contributed by atoms with Crippen LogP contribution in [0.25, 0.3) is 0 Å². The smallest absolute Gasteiger partial charge is 0.317 e. The van der Waals surface area contributed by atoms with Crippen molar-refractivity contribution in [3.63, 3.8) is 0 Å². The topological polar surface area (TPSA) is 55.1 Å². The number of carboxylic acids is 1. The lowest BCUT2D eigenvalue weighted by atomic mass is 10.3. The number of aliphatic carboxylic acids is 1. The monoisotopic (exact) mass is 200 g/mol. The molecule has 0 spiro atoms. The van der Waals surface area contributed by atoms with E-state index in [1.807, 2.05) is 18.5 Å². The van der Waals surface area contributed by atoms with Crippen molar-refractivity contribution >= 4 is 17.7 Å². The molecule has 0 fully saturated rings. The summed E-state index contributed by atoms with van der Waals surface area (Å²) in [6.07, 6.45) is 4.07. The number of rotatable bonds is 4. The van der Waals surface area contributed by atoms with Gasteiger partial charge in [0.1, 0.15) is 5.25 Å². The third-order valence-corrected chi connectivity index (χ3v) is 3.09. The summed E-state index contributed by atoms with van der Waals surface area (Å²) >= 11 is 1.28. The van der Waals surface area contributed by atoms with Crippen LogP contribution in [0.5, 0.6) is 0 Å². The lowest BCUT2D eigenvalue weighted by Gasteiger charge is -2.07. The maximum Gasteiger partial charge on any atom is 0.317 e. The fourth-order valence-corrected chi connectivity index (χ4v) is 1.77. The van der Waals surface area contributed by atoms with Crippen molar-refractivity contribution in [3.05, 3.63) is 12.4 Å². The first kappa shape index (κ1) is 10.1. The molecule has 1 aromatic heterocycles. The van der Waals surface area contributed by atoms with E-state index >= 15 is 0 Å². The van der Waals surface area contributed by atoms with Gasteiger partial charge >= 0.3 is 5.97 Å². The first-order valence-corrected chi connectivity index (χ1v) is 4.90.